The van der Waals surface area contributed by atoms with Crippen molar-refractivity contribution in [3.8, 4) is 0 Å². The van der Waals surface area contributed by atoms with Crippen molar-refractivity contribution in [3.63, 3.8) is 0 Å². The quantitative estimate of drug-likeness (QED) is 0.831. The molecule has 1 aromatic carbocycles. The second kappa shape index (κ2) is 3.16. The molecule has 0 fully saturated rings. The van der Waals surface area contributed by atoms with Crippen molar-refractivity contribution in [1.82, 2.24) is 0 Å². The van der Waals surface area contributed by atoms with Gasteiger partial charge < -0.3 is 10.2 Å². The van der Waals surface area contributed by atoms with Gasteiger partial charge in [0.25, 0.3) is 0 Å². The van der Waals surface area contributed by atoms with E-state index >= 15 is 0 Å². The van der Waals surface area contributed by atoms with Gasteiger partial charge in [-0.25, -0.2) is 0 Å². The van der Waals surface area contributed by atoms with E-state index in [0.717, 1.165) is 21.2 Å². The fraction of sp³-hybridized carbons (Fsp3) is 0.200. The van der Waals surface area contributed by atoms with E-state index < -0.39 is 0 Å². The second-order valence-corrected chi connectivity index (χ2v) is 4.04. The minimum Gasteiger partial charge on any atom is -0.459 e. The predicted molar refractivity (Wildman–Crippen MR) is 56.5 cm³/mol. The Morgan fingerprint density at radius 3 is 2.85 bits per heavy atom. The number of hydrogen-bond donors (Lipinski definition) is 1. The molecule has 0 radical (unpaired) electrons. The Kier molecular flexibility index (Phi) is 2.14. The van der Waals surface area contributed by atoms with Crippen LogP contribution >= 0.6 is 15.9 Å². The smallest absolute Gasteiger partial charge is 0.134 e. The van der Waals surface area contributed by atoms with Crippen molar-refractivity contribution in [3.05, 3.63) is 34.5 Å². The van der Waals surface area contributed by atoms with Crippen LogP contribution < -0.4 is 5.73 Å². The lowest BCUT2D eigenvalue weighted by Gasteiger charge is -1.96. The first-order valence-electron chi connectivity index (χ1n) is 4.11. The third-order valence-electron chi connectivity index (χ3n) is 1.95. The zero-order valence-corrected chi connectivity index (χ0v) is 8.84. The highest BCUT2D eigenvalue weighted by Gasteiger charge is 2.06. The predicted octanol–water partition coefficient (Wildman–Crippen LogP) is 3.22. The molecule has 2 aromatic rings. The summed E-state index contributed by atoms with van der Waals surface area (Å²) < 4.78 is 6.59. The fourth-order valence-corrected chi connectivity index (χ4v) is 1.64. The van der Waals surface area contributed by atoms with Gasteiger partial charge in [-0.3, -0.25) is 0 Å². The summed E-state index contributed by atoms with van der Waals surface area (Å²) >= 11 is 3.41. The van der Waals surface area contributed by atoms with Crippen LogP contribution in [-0.2, 0) is 0 Å². The molecule has 2 nitrogen and oxygen atoms in total. The molecule has 0 amide bonds. The SMILES string of the molecule is C[C@@H](N)c1cc2cc(Br)ccc2o1. The Labute approximate surface area is 84.8 Å². The molecule has 68 valence electrons. The maximum absolute atomic E-state index is 5.71. The Morgan fingerprint density at radius 1 is 1.38 bits per heavy atom. The lowest BCUT2D eigenvalue weighted by molar-refractivity contribution is 0.513. The molecule has 0 saturated heterocycles. The molecule has 1 heterocycles. The number of rotatable bonds is 1. The molecule has 0 aliphatic carbocycles. The Balaban J connectivity index is 2.62. The van der Waals surface area contributed by atoms with Gasteiger partial charge in [-0.1, -0.05) is 15.9 Å². The van der Waals surface area contributed by atoms with Crippen molar-refractivity contribution >= 4 is 26.9 Å². The summed E-state index contributed by atoms with van der Waals surface area (Å²) in [5, 5.41) is 1.08. The summed E-state index contributed by atoms with van der Waals surface area (Å²) in [6.45, 7) is 1.91. The van der Waals surface area contributed by atoms with Crippen LogP contribution in [-0.4, -0.2) is 0 Å². The summed E-state index contributed by atoms with van der Waals surface area (Å²) in [4.78, 5) is 0. The topological polar surface area (TPSA) is 39.2 Å². The zero-order valence-electron chi connectivity index (χ0n) is 7.25. The highest BCUT2D eigenvalue weighted by molar-refractivity contribution is 9.10. The van der Waals surface area contributed by atoms with Gasteiger partial charge in [0, 0.05) is 9.86 Å². The second-order valence-electron chi connectivity index (χ2n) is 3.12. The summed E-state index contributed by atoms with van der Waals surface area (Å²) in [5.74, 6) is 0.827. The number of furan rings is 1. The third kappa shape index (κ3) is 1.62. The van der Waals surface area contributed by atoms with Crippen molar-refractivity contribution < 1.29 is 4.42 Å². The molecule has 3 heteroatoms. The third-order valence-corrected chi connectivity index (χ3v) is 2.44. The Morgan fingerprint density at radius 2 is 2.15 bits per heavy atom. The first-order valence-corrected chi connectivity index (χ1v) is 4.90. The van der Waals surface area contributed by atoms with Gasteiger partial charge in [-0.2, -0.15) is 0 Å². The van der Waals surface area contributed by atoms with Gasteiger partial charge >= 0.3 is 0 Å². The summed E-state index contributed by atoms with van der Waals surface area (Å²) in [5.41, 5.74) is 6.59. The van der Waals surface area contributed by atoms with Gasteiger partial charge in [-0.15, -0.1) is 0 Å². The minimum absolute atomic E-state index is 0.0498. The summed E-state index contributed by atoms with van der Waals surface area (Å²) in [6.07, 6.45) is 0. The van der Waals surface area contributed by atoms with Crippen molar-refractivity contribution in [2.45, 2.75) is 13.0 Å². The van der Waals surface area contributed by atoms with Crippen molar-refractivity contribution in [2.24, 2.45) is 5.73 Å². The molecule has 0 aliphatic rings. The molecular formula is C10H10BrNO. The van der Waals surface area contributed by atoms with Gasteiger partial charge in [0.1, 0.15) is 11.3 Å². The maximum Gasteiger partial charge on any atom is 0.134 e. The zero-order chi connectivity index (χ0) is 9.42. The number of hydrogen-bond acceptors (Lipinski definition) is 2. The van der Waals surface area contributed by atoms with E-state index in [1.165, 1.54) is 0 Å². The van der Waals surface area contributed by atoms with Gasteiger partial charge in [0.05, 0.1) is 6.04 Å². The van der Waals surface area contributed by atoms with Crippen molar-refractivity contribution in [1.29, 1.82) is 0 Å². The average molecular weight is 240 g/mol. The molecule has 2 rings (SSSR count). The van der Waals surface area contributed by atoms with E-state index in [-0.39, 0.29) is 6.04 Å². The first kappa shape index (κ1) is 8.78. The molecule has 0 aliphatic heterocycles. The molecule has 2 N–H and O–H groups in total. The van der Waals surface area contributed by atoms with Crippen LogP contribution in [0.25, 0.3) is 11.0 Å². The maximum atomic E-state index is 5.71. The standard InChI is InChI=1S/C10H10BrNO/c1-6(12)10-5-7-4-8(11)2-3-9(7)13-10/h2-6H,12H2,1H3/t6-/m1/s1. The van der Waals surface area contributed by atoms with E-state index in [4.69, 9.17) is 10.2 Å². The highest BCUT2D eigenvalue weighted by Crippen LogP contribution is 2.25. The first-order chi connectivity index (χ1) is 6.16. The summed E-state index contributed by atoms with van der Waals surface area (Å²) in [6, 6.07) is 7.84. The Bertz CT molecular complexity index is 433. The van der Waals surface area contributed by atoms with E-state index in [1.54, 1.807) is 0 Å². The number of benzene rings is 1. The van der Waals surface area contributed by atoms with E-state index in [9.17, 15) is 0 Å². The van der Waals surface area contributed by atoms with Crippen molar-refractivity contribution in [2.75, 3.05) is 0 Å². The van der Waals surface area contributed by atoms with Gasteiger partial charge in [0.2, 0.25) is 0 Å². The van der Waals surface area contributed by atoms with Crippen LogP contribution in [0.5, 0.6) is 0 Å². The Hall–Kier alpha value is -0.800. The summed E-state index contributed by atoms with van der Waals surface area (Å²) in [7, 11) is 0. The highest BCUT2D eigenvalue weighted by atomic mass is 79.9. The normalized spacial score (nSPS) is 13.5. The molecule has 1 aromatic heterocycles. The monoisotopic (exact) mass is 239 g/mol. The minimum atomic E-state index is -0.0498. The van der Waals surface area contributed by atoms with Gasteiger partial charge in [-0.05, 0) is 31.2 Å². The largest absolute Gasteiger partial charge is 0.459 e. The van der Waals surface area contributed by atoms with Crippen LogP contribution in [0.3, 0.4) is 0 Å². The molecule has 13 heavy (non-hydrogen) atoms. The lowest BCUT2D eigenvalue weighted by Crippen LogP contribution is -2.02. The van der Waals surface area contributed by atoms with Crippen LogP contribution in [0, 0.1) is 0 Å². The van der Waals surface area contributed by atoms with Crippen LogP contribution in [0.4, 0.5) is 0 Å². The fourth-order valence-electron chi connectivity index (χ4n) is 1.26. The van der Waals surface area contributed by atoms with E-state index in [0.29, 0.717) is 0 Å². The molecular weight excluding hydrogens is 230 g/mol. The van der Waals surface area contributed by atoms with Crippen LogP contribution in [0.2, 0.25) is 0 Å². The number of halogens is 1. The van der Waals surface area contributed by atoms with E-state index in [1.807, 2.05) is 31.2 Å². The van der Waals surface area contributed by atoms with Crippen LogP contribution in [0.1, 0.15) is 18.7 Å². The lowest BCUT2D eigenvalue weighted by atomic mass is 10.2. The number of nitrogens with two attached hydrogens (primary N) is 1. The van der Waals surface area contributed by atoms with E-state index in [2.05, 4.69) is 15.9 Å². The van der Waals surface area contributed by atoms with Gasteiger partial charge in [0.15, 0.2) is 0 Å². The molecule has 0 saturated carbocycles. The van der Waals surface area contributed by atoms with Crippen LogP contribution in [0.15, 0.2) is 33.2 Å². The molecule has 1 atom stereocenters. The molecule has 0 unspecified atom stereocenters. The molecule has 0 bridgehead atoms. The number of fused-ring (bicyclic) bond motifs is 1. The average Bonchev–Trinajstić information content (AvgIpc) is 2.46. The molecule has 0 spiro atoms.